The zero-order valence-electron chi connectivity index (χ0n) is 19.7. The van der Waals surface area contributed by atoms with Gasteiger partial charge >= 0.3 is 0 Å². The molecule has 0 saturated carbocycles. The average Bonchev–Trinajstić information content (AvgIpc) is 3.30. The van der Waals surface area contributed by atoms with Crippen LogP contribution >= 0.6 is 0 Å². The lowest BCUT2D eigenvalue weighted by molar-refractivity contribution is 0.183. The first kappa shape index (κ1) is 23.0. The molecule has 0 atom stereocenters. The number of benzene rings is 3. The van der Waals surface area contributed by atoms with Gasteiger partial charge in [0.25, 0.3) is 0 Å². The normalized spacial score (nSPS) is 14.2. The summed E-state index contributed by atoms with van der Waals surface area (Å²) in [6.45, 7) is 4.01. The highest BCUT2D eigenvalue weighted by atomic mass is 16.5. The standard InChI is InChI=1S/C29H30N2O4/c32-24-10-6-22(7-11-24)28-27(29(35-30-28)23-8-12-25(33)13-9-23)20-21-4-14-26(15-5-21)34-19-18-31-16-2-1-3-17-31/h4-15,32-33H,1-3,16-20H2. The molecule has 3 aromatic carbocycles. The number of hydrogen-bond acceptors (Lipinski definition) is 6. The first-order valence-corrected chi connectivity index (χ1v) is 12.2. The van der Waals surface area contributed by atoms with Crippen LogP contribution in [0.3, 0.4) is 0 Å². The Balaban J connectivity index is 1.34. The third kappa shape index (κ3) is 5.66. The zero-order valence-corrected chi connectivity index (χ0v) is 19.7. The van der Waals surface area contributed by atoms with Gasteiger partial charge in [-0.1, -0.05) is 23.7 Å². The van der Waals surface area contributed by atoms with Crippen LogP contribution in [0.25, 0.3) is 22.6 Å². The summed E-state index contributed by atoms with van der Waals surface area (Å²) in [6, 6.07) is 22.0. The minimum atomic E-state index is 0.199. The molecule has 35 heavy (non-hydrogen) atoms. The van der Waals surface area contributed by atoms with Crippen molar-refractivity contribution in [1.82, 2.24) is 10.1 Å². The van der Waals surface area contributed by atoms with E-state index in [4.69, 9.17) is 9.26 Å². The zero-order chi connectivity index (χ0) is 24.0. The van der Waals surface area contributed by atoms with Crippen LogP contribution in [-0.4, -0.2) is 46.5 Å². The molecule has 0 bridgehead atoms. The van der Waals surface area contributed by atoms with Crippen LogP contribution < -0.4 is 4.74 Å². The van der Waals surface area contributed by atoms with E-state index in [2.05, 4.69) is 22.2 Å². The highest BCUT2D eigenvalue weighted by Gasteiger charge is 2.20. The van der Waals surface area contributed by atoms with Crippen molar-refractivity contribution in [3.63, 3.8) is 0 Å². The maximum Gasteiger partial charge on any atom is 0.171 e. The van der Waals surface area contributed by atoms with Crippen LogP contribution in [0.5, 0.6) is 17.2 Å². The molecular weight excluding hydrogens is 440 g/mol. The molecule has 6 nitrogen and oxygen atoms in total. The molecule has 0 aliphatic carbocycles. The minimum Gasteiger partial charge on any atom is -0.508 e. The number of phenolic OH excluding ortho intramolecular Hbond substituents is 2. The molecule has 2 heterocycles. The molecule has 5 rings (SSSR count). The SMILES string of the molecule is Oc1ccc(-c2noc(-c3ccc(O)cc3)c2Cc2ccc(OCCN3CCCCC3)cc2)cc1. The van der Waals surface area contributed by atoms with E-state index in [9.17, 15) is 10.2 Å². The van der Waals surface area contributed by atoms with E-state index in [0.717, 1.165) is 40.2 Å². The number of nitrogens with zero attached hydrogens (tertiary/aromatic N) is 2. The number of ether oxygens (including phenoxy) is 1. The summed E-state index contributed by atoms with van der Waals surface area (Å²) in [5.41, 5.74) is 4.49. The van der Waals surface area contributed by atoms with Crippen LogP contribution in [0.2, 0.25) is 0 Å². The van der Waals surface area contributed by atoms with Crippen molar-refractivity contribution in [1.29, 1.82) is 0 Å². The van der Waals surface area contributed by atoms with Crippen molar-refractivity contribution in [3.05, 3.63) is 83.9 Å². The van der Waals surface area contributed by atoms with Gasteiger partial charge in [-0.15, -0.1) is 0 Å². The van der Waals surface area contributed by atoms with E-state index in [1.807, 2.05) is 36.4 Å². The molecule has 6 heteroatoms. The maximum atomic E-state index is 9.70. The van der Waals surface area contributed by atoms with Gasteiger partial charge in [0.05, 0.1) is 0 Å². The molecule has 0 spiro atoms. The summed E-state index contributed by atoms with van der Waals surface area (Å²) in [4.78, 5) is 2.47. The maximum absolute atomic E-state index is 9.70. The molecule has 0 amide bonds. The molecule has 0 radical (unpaired) electrons. The lowest BCUT2D eigenvalue weighted by Crippen LogP contribution is -2.33. The molecule has 1 fully saturated rings. The fraction of sp³-hybridized carbons (Fsp3) is 0.276. The van der Waals surface area contributed by atoms with Gasteiger partial charge in [-0.3, -0.25) is 4.90 Å². The molecule has 4 aromatic rings. The lowest BCUT2D eigenvalue weighted by atomic mass is 9.96. The van der Waals surface area contributed by atoms with Crippen LogP contribution in [0.4, 0.5) is 0 Å². The fourth-order valence-corrected chi connectivity index (χ4v) is 4.54. The average molecular weight is 471 g/mol. The van der Waals surface area contributed by atoms with Gasteiger partial charge in [0.2, 0.25) is 0 Å². The van der Waals surface area contributed by atoms with E-state index in [1.54, 1.807) is 24.3 Å². The Hall–Kier alpha value is -3.77. The van der Waals surface area contributed by atoms with Crippen LogP contribution in [0.15, 0.2) is 77.3 Å². The molecule has 0 unspecified atom stereocenters. The molecule has 180 valence electrons. The van der Waals surface area contributed by atoms with Gasteiger partial charge in [-0.05, 0) is 92.2 Å². The number of piperidine rings is 1. The number of likely N-dealkylation sites (tertiary alicyclic amines) is 1. The number of aromatic nitrogens is 1. The summed E-state index contributed by atoms with van der Waals surface area (Å²) < 4.78 is 11.8. The molecule has 1 saturated heterocycles. The third-order valence-electron chi connectivity index (χ3n) is 6.49. The largest absolute Gasteiger partial charge is 0.508 e. The predicted molar refractivity (Wildman–Crippen MR) is 136 cm³/mol. The highest BCUT2D eigenvalue weighted by molar-refractivity contribution is 5.73. The number of hydrogen-bond donors (Lipinski definition) is 2. The second-order valence-corrected chi connectivity index (χ2v) is 9.00. The second-order valence-electron chi connectivity index (χ2n) is 9.00. The molecule has 2 N–H and O–H groups in total. The van der Waals surface area contributed by atoms with E-state index in [0.29, 0.717) is 18.8 Å². The van der Waals surface area contributed by atoms with Crippen LogP contribution in [-0.2, 0) is 6.42 Å². The first-order chi connectivity index (χ1) is 17.2. The number of rotatable bonds is 8. The van der Waals surface area contributed by atoms with Crippen molar-refractivity contribution in [2.45, 2.75) is 25.7 Å². The Morgan fingerprint density at radius 3 is 2.06 bits per heavy atom. The Morgan fingerprint density at radius 1 is 0.771 bits per heavy atom. The van der Waals surface area contributed by atoms with Gasteiger partial charge < -0.3 is 19.5 Å². The summed E-state index contributed by atoms with van der Waals surface area (Å²) in [6.07, 6.45) is 4.53. The quantitative estimate of drug-likeness (QED) is 0.335. The van der Waals surface area contributed by atoms with E-state index < -0.39 is 0 Å². The van der Waals surface area contributed by atoms with Crippen LogP contribution in [0, 0.1) is 0 Å². The Kier molecular flexibility index (Phi) is 7.00. The summed E-state index contributed by atoms with van der Waals surface area (Å²) in [5, 5.41) is 23.8. The van der Waals surface area contributed by atoms with Crippen molar-refractivity contribution >= 4 is 0 Å². The van der Waals surface area contributed by atoms with Crippen molar-refractivity contribution < 1.29 is 19.5 Å². The van der Waals surface area contributed by atoms with Gasteiger partial charge in [0.15, 0.2) is 5.76 Å². The number of aromatic hydroxyl groups is 2. The van der Waals surface area contributed by atoms with Gasteiger partial charge in [0.1, 0.15) is 29.5 Å². The Bertz CT molecular complexity index is 1160. The third-order valence-corrected chi connectivity index (χ3v) is 6.49. The second kappa shape index (κ2) is 10.7. The number of phenols is 2. The van der Waals surface area contributed by atoms with E-state index >= 15 is 0 Å². The van der Waals surface area contributed by atoms with Crippen LogP contribution in [0.1, 0.15) is 30.4 Å². The predicted octanol–water partition coefficient (Wildman–Crippen LogP) is 5.88. The molecule has 1 aromatic heterocycles. The molecule has 1 aliphatic heterocycles. The topological polar surface area (TPSA) is 79.0 Å². The van der Waals surface area contributed by atoms with Crippen molar-refractivity contribution in [3.8, 4) is 39.8 Å². The summed E-state index contributed by atoms with van der Waals surface area (Å²) >= 11 is 0. The smallest absolute Gasteiger partial charge is 0.171 e. The highest BCUT2D eigenvalue weighted by Crippen LogP contribution is 2.35. The fourth-order valence-electron chi connectivity index (χ4n) is 4.54. The summed E-state index contributed by atoms with van der Waals surface area (Å²) in [5.74, 6) is 1.93. The van der Waals surface area contributed by atoms with E-state index in [1.165, 1.54) is 32.4 Å². The van der Waals surface area contributed by atoms with Crippen molar-refractivity contribution in [2.24, 2.45) is 0 Å². The minimum absolute atomic E-state index is 0.199. The monoisotopic (exact) mass is 470 g/mol. The molecular formula is C29H30N2O4. The van der Waals surface area contributed by atoms with E-state index in [-0.39, 0.29) is 11.5 Å². The Labute approximate surface area is 205 Å². The Morgan fingerprint density at radius 2 is 1.40 bits per heavy atom. The van der Waals surface area contributed by atoms with Crippen molar-refractivity contribution in [2.75, 3.05) is 26.2 Å². The van der Waals surface area contributed by atoms with Gasteiger partial charge in [-0.2, -0.15) is 0 Å². The van der Waals surface area contributed by atoms with Gasteiger partial charge in [0, 0.05) is 29.7 Å². The molecule has 1 aliphatic rings. The summed E-state index contributed by atoms with van der Waals surface area (Å²) in [7, 11) is 0. The first-order valence-electron chi connectivity index (χ1n) is 12.2. The lowest BCUT2D eigenvalue weighted by Gasteiger charge is -2.26. The van der Waals surface area contributed by atoms with Gasteiger partial charge in [-0.25, -0.2) is 0 Å².